The van der Waals surface area contributed by atoms with E-state index in [4.69, 9.17) is 10.5 Å². The Kier molecular flexibility index (Phi) is 5.15. The molecule has 1 aliphatic carbocycles. The minimum absolute atomic E-state index is 0.329. The summed E-state index contributed by atoms with van der Waals surface area (Å²) >= 11 is 1.60. The summed E-state index contributed by atoms with van der Waals surface area (Å²) in [6.45, 7) is 2.00. The number of nitrogens with two attached hydrogens (primary N) is 1. The Morgan fingerprint density at radius 3 is 2.56 bits per heavy atom. The second kappa shape index (κ2) is 8.46. The summed E-state index contributed by atoms with van der Waals surface area (Å²) in [4.78, 5) is 12.8. The summed E-state index contributed by atoms with van der Waals surface area (Å²) in [5.74, 6) is 0.696. The quantitative estimate of drug-likeness (QED) is 0.288. The molecule has 8 heteroatoms. The lowest BCUT2D eigenvalue weighted by Gasteiger charge is -2.30. The highest BCUT2D eigenvalue weighted by molar-refractivity contribution is 7.13. The first-order chi connectivity index (χ1) is 16.7. The monoisotopic (exact) mass is 468 g/mol. The molecule has 3 N–H and O–H groups in total. The average Bonchev–Trinajstić information content (AvgIpc) is 3.35. The Hall–Kier alpha value is -3.91. The summed E-state index contributed by atoms with van der Waals surface area (Å²) < 4.78 is 8.30. The molecular formula is C26H24N6OS. The van der Waals surface area contributed by atoms with Crippen LogP contribution in [0.15, 0.2) is 66.3 Å². The first-order valence-electron chi connectivity index (χ1n) is 11.3. The third kappa shape index (κ3) is 3.76. The van der Waals surface area contributed by atoms with E-state index in [1.807, 2.05) is 30.5 Å². The van der Waals surface area contributed by atoms with E-state index in [2.05, 4.69) is 49.1 Å². The smallest absolute Gasteiger partial charge is 0.321 e. The molecule has 1 aliphatic rings. The Labute approximate surface area is 201 Å². The van der Waals surface area contributed by atoms with Gasteiger partial charge in [-0.2, -0.15) is 0 Å². The number of hydrogen-bond donors (Lipinski definition) is 2. The third-order valence-electron chi connectivity index (χ3n) is 6.23. The number of aromatic nitrogens is 4. The highest BCUT2D eigenvalue weighted by Crippen LogP contribution is 2.45. The van der Waals surface area contributed by atoms with Crippen molar-refractivity contribution in [2.45, 2.75) is 32.2 Å². The van der Waals surface area contributed by atoms with Gasteiger partial charge in [-0.25, -0.2) is 15.0 Å². The molecule has 0 spiro atoms. The van der Waals surface area contributed by atoms with Gasteiger partial charge in [-0.3, -0.25) is 0 Å². The largest absolute Gasteiger partial charge is 0.424 e. The van der Waals surface area contributed by atoms with E-state index in [1.165, 1.54) is 6.42 Å². The van der Waals surface area contributed by atoms with E-state index in [1.54, 1.807) is 29.8 Å². The van der Waals surface area contributed by atoms with Gasteiger partial charge in [0.2, 0.25) is 0 Å². The molecule has 1 fully saturated rings. The summed E-state index contributed by atoms with van der Waals surface area (Å²) in [7, 11) is 0. The second-order valence-electron chi connectivity index (χ2n) is 8.53. The zero-order chi connectivity index (χ0) is 23.1. The lowest BCUT2D eigenvalue weighted by Crippen LogP contribution is -2.17. The van der Waals surface area contributed by atoms with Crippen LogP contribution in [0.1, 0.15) is 31.0 Å². The molecule has 0 amide bonds. The number of benzene rings is 2. The van der Waals surface area contributed by atoms with Gasteiger partial charge in [0.1, 0.15) is 5.75 Å². The van der Waals surface area contributed by atoms with Gasteiger partial charge < -0.3 is 20.4 Å². The maximum atomic E-state index is 6.75. The number of aryl methyl sites for hydroxylation is 1. The molecule has 3 heterocycles. The van der Waals surface area contributed by atoms with Gasteiger partial charge in [-0.15, -0.1) is 11.3 Å². The summed E-state index contributed by atoms with van der Waals surface area (Å²) in [5.41, 5.74) is 12.8. The number of rotatable bonds is 6. The van der Waals surface area contributed by atoms with Crippen molar-refractivity contribution in [3.05, 3.63) is 72.0 Å². The van der Waals surface area contributed by atoms with Crippen LogP contribution in [-0.2, 0) is 0 Å². The number of fused-ring (bicyclic) bond motifs is 1. The van der Waals surface area contributed by atoms with Crippen LogP contribution >= 0.6 is 11.3 Å². The van der Waals surface area contributed by atoms with Gasteiger partial charge in [0.05, 0.1) is 22.6 Å². The highest BCUT2D eigenvalue weighted by Gasteiger charge is 2.27. The summed E-state index contributed by atoms with van der Waals surface area (Å²) in [6.07, 6.45) is 6.86. The van der Waals surface area contributed by atoms with Gasteiger partial charge in [-0.05, 0) is 56.5 Å². The van der Waals surface area contributed by atoms with Gasteiger partial charge in [-0.1, -0.05) is 12.1 Å². The molecule has 6 rings (SSSR count). The van der Waals surface area contributed by atoms with E-state index in [0.29, 0.717) is 17.8 Å². The van der Waals surface area contributed by atoms with Crippen LogP contribution < -0.4 is 15.8 Å². The molecular weight excluding hydrogens is 444 g/mol. The number of nitrogen functional groups attached to an aromatic ring is 1. The molecule has 7 nitrogen and oxygen atoms in total. The van der Waals surface area contributed by atoms with E-state index >= 15 is 0 Å². The van der Waals surface area contributed by atoms with E-state index in [9.17, 15) is 0 Å². The van der Waals surface area contributed by atoms with Crippen molar-refractivity contribution in [3.8, 4) is 23.0 Å². The van der Waals surface area contributed by atoms with Crippen molar-refractivity contribution in [1.82, 2.24) is 19.5 Å². The fourth-order valence-electron chi connectivity index (χ4n) is 4.39. The predicted octanol–water partition coefficient (Wildman–Crippen LogP) is 6.71. The molecule has 1 saturated carbocycles. The summed E-state index contributed by atoms with van der Waals surface area (Å²) in [5, 5.41) is 7.34. The topological polar surface area (TPSA) is 90.9 Å². The Balaban J connectivity index is 1.39. The second-order valence-corrected chi connectivity index (χ2v) is 9.38. The average molecular weight is 469 g/mol. The SMILES string of the molecule is Cc1csc(Nc2ccc(-c3c(N)c4ccc(Oc5ncccn5)cc4n3C3CCC3)cc2)n1. The van der Waals surface area contributed by atoms with Crippen molar-refractivity contribution >= 4 is 38.7 Å². The normalized spacial score (nSPS) is 13.7. The molecule has 170 valence electrons. The summed E-state index contributed by atoms with van der Waals surface area (Å²) in [6, 6.07) is 16.9. The molecule has 0 unspecified atom stereocenters. The van der Waals surface area contributed by atoms with Crippen LogP contribution in [0.2, 0.25) is 0 Å². The zero-order valence-corrected chi connectivity index (χ0v) is 19.5. The Morgan fingerprint density at radius 2 is 1.88 bits per heavy atom. The molecule has 0 bridgehead atoms. The minimum Gasteiger partial charge on any atom is -0.424 e. The first-order valence-corrected chi connectivity index (χ1v) is 12.2. The first kappa shape index (κ1) is 20.7. The van der Waals surface area contributed by atoms with E-state index in [0.717, 1.165) is 57.2 Å². The van der Waals surface area contributed by atoms with Crippen LogP contribution in [0.25, 0.3) is 22.2 Å². The molecule has 2 aromatic carbocycles. The highest BCUT2D eigenvalue weighted by atomic mass is 32.1. The van der Waals surface area contributed by atoms with Crippen molar-refractivity contribution in [1.29, 1.82) is 0 Å². The molecule has 0 aliphatic heterocycles. The minimum atomic E-state index is 0.329. The molecule has 0 atom stereocenters. The van der Waals surface area contributed by atoms with Crippen molar-refractivity contribution in [2.75, 3.05) is 11.1 Å². The maximum Gasteiger partial charge on any atom is 0.321 e. The van der Waals surface area contributed by atoms with Crippen LogP contribution in [0.5, 0.6) is 11.8 Å². The fraction of sp³-hybridized carbons (Fsp3) is 0.192. The maximum absolute atomic E-state index is 6.75. The lowest BCUT2D eigenvalue weighted by molar-refractivity contribution is 0.324. The number of nitrogens with one attached hydrogen (secondary N) is 1. The van der Waals surface area contributed by atoms with E-state index < -0.39 is 0 Å². The fourth-order valence-corrected chi connectivity index (χ4v) is 5.10. The molecule has 0 saturated heterocycles. The standard InChI is InChI=1S/C26H24N6OS/c1-16-15-34-26(30-16)31-18-8-6-17(7-9-18)24-23(27)21-11-10-20(33-25-28-12-3-13-29-25)14-22(21)32(24)19-4-2-5-19/h3,6-15,19H,2,4-5,27H2,1H3,(H,30,31). The zero-order valence-electron chi connectivity index (χ0n) is 18.7. The number of hydrogen-bond acceptors (Lipinski definition) is 7. The molecule has 34 heavy (non-hydrogen) atoms. The van der Waals surface area contributed by atoms with Crippen molar-refractivity contribution < 1.29 is 4.74 Å². The number of anilines is 3. The number of thiazole rings is 1. The van der Waals surface area contributed by atoms with Gasteiger partial charge in [0, 0.05) is 46.5 Å². The van der Waals surface area contributed by atoms with Crippen LogP contribution in [-0.4, -0.2) is 19.5 Å². The van der Waals surface area contributed by atoms with Crippen LogP contribution in [0.4, 0.5) is 16.5 Å². The number of ether oxygens (including phenoxy) is 1. The number of nitrogens with zero attached hydrogens (tertiary/aromatic N) is 4. The molecule has 3 aromatic heterocycles. The Bertz CT molecular complexity index is 1450. The molecule has 5 aromatic rings. The van der Waals surface area contributed by atoms with Crippen molar-refractivity contribution in [3.63, 3.8) is 0 Å². The molecule has 0 radical (unpaired) electrons. The van der Waals surface area contributed by atoms with Crippen LogP contribution in [0.3, 0.4) is 0 Å². The van der Waals surface area contributed by atoms with E-state index in [-0.39, 0.29) is 0 Å². The van der Waals surface area contributed by atoms with Gasteiger partial charge in [0.25, 0.3) is 0 Å². The predicted molar refractivity (Wildman–Crippen MR) is 137 cm³/mol. The van der Waals surface area contributed by atoms with Crippen LogP contribution in [0, 0.1) is 6.92 Å². The van der Waals surface area contributed by atoms with Gasteiger partial charge in [0.15, 0.2) is 5.13 Å². The lowest BCUT2D eigenvalue weighted by atomic mass is 9.92. The third-order valence-corrected chi connectivity index (χ3v) is 7.11. The van der Waals surface area contributed by atoms with Crippen molar-refractivity contribution in [2.24, 2.45) is 0 Å². The van der Waals surface area contributed by atoms with Gasteiger partial charge >= 0.3 is 6.01 Å². The Morgan fingerprint density at radius 1 is 1.09 bits per heavy atom.